The fourth-order valence-electron chi connectivity index (χ4n) is 5.71. The molecule has 0 unspecified atom stereocenters. The van der Waals surface area contributed by atoms with E-state index in [-0.39, 0.29) is 11.8 Å². The number of anilines is 1. The van der Waals surface area contributed by atoms with Crippen LogP contribution in [-0.2, 0) is 11.2 Å². The third kappa shape index (κ3) is 5.35. The van der Waals surface area contributed by atoms with Gasteiger partial charge in [0.15, 0.2) is 0 Å². The minimum absolute atomic E-state index is 0.130. The molecule has 2 N–H and O–H groups in total. The number of carbonyl (C=O) groups excluding carboxylic acids is 2. The number of aromatic amines is 1. The topological polar surface area (TPSA) is 83.7 Å². The first-order chi connectivity index (χ1) is 19.1. The molecule has 0 atom stereocenters. The Labute approximate surface area is 229 Å². The highest BCUT2D eigenvalue weighted by Gasteiger charge is 2.47. The van der Waals surface area contributed by atoms with Crippen molar-refractivity contribution in [1.82, 2.24) is 9.88 Å². The van der Waals surface area contributed by atoms with E-state index < -0.39 is 5.54 Å². The summed E-state index contributed by atoms with van der Waals surface area (Å²) in [6, 6.07) is 22.7. The van der Waals surface area contributed by atoms with E-state index in [2.05, 4.69) is 16.4 Å². The molecule has 7 nitrogen and oxygen atoms in total. The van der Waals surface area contributed by atoms with Crippen LogP contribution in [0.1, 0.15) is 48.0 Å². The summed E-state index contributed by atoms with van der Waals surface area (Å²) >= 11 is 0. The Balaban J connectivity index is 1.51. The molecule has 1 aliphatic rings. The third-order valence-electron chi connectivity index (χ3n) is 7.82. The molecule has 3 aromatic carbocycles. The molecule has 39 heavy (non-hydrogen) atoms. The Bertz CT molecular complexity index is 1440. The molecule has 1 aromatic heterocycles. The lowest BCUT2D eigenvalue weighted by Crippen LogP contribution is -2.60. The van der Waals surface area contributed by atoms with Gasteiger partial charge in [0.25, 0.3) is 5.91 Å². The lowest BCUT2D eigenvalue weighted by molar-refractivity contribution is -0.128. The average molecular weight is 526 g/mol. The summed E-state index contributed by atoms with van der Waals surface area (Å²) in [6.45, 7) is 0.419. The highest BCUT2D eigenvalue weighted by molar-refractivity contribution is 6.04. The molecular formula is C32H35N3O4. The van der Waals surface area contributed by atoms with Gasteiger partial charge in [0.1, 0.15) is 17.0 Å². The van der Waals surface area contributed by atoms with Crippen LogP contribution in [0.15, 0.2) is 79.0 Å². The molecule has 1 saturated carbocycles. The van der Waals surface area contributed by atoms with E-state index in [9.17, 15) is 9.59 Å². The molecular weight excluding hydrogens is 490 g/mol. The first-order valence-corrected chi connectivity index (χ1v) is 13.5. The molecule has 0 spiro atoms. The van der Waals surface area contributed by atoms with Gasteiger partial charge in [-0.2, -0.15) is 0 Å². The number of fused-ring (bicyclic) bond motifs is 1. The smallest absolute Gasteiger partial charge is 0.254 e. The Morgan fingerprint density at radius 1 is 0.923 bits per heavy atom. The summed E-state index contributed by atoms with van der Waals surface area (Å²) in [7, 11) is 3.15. The lowest BCUT2D eigenvalue weighted by Gasteiger charge is -2.45. The van der Waals surface area contributed by atoms with Gasteiger partial charge < -0.3 is 24.7 Å². The van der Waals surface area contributed by atoms with Crippen molar-refractivity contribution in [2.75, 3.05) is 26.1 Å². The minimum Gasteiger partial charge on any atom is -0.497 e. The number of aromatic nitrogens is 1. The molecule has 1 heterocycles. The zero-order valence-corrected chi connectivity index (χ0v) is 22.5. The van der Waals surface area contributed by atoms with E-state index >= 15 is 0 Å². The van der Waals surface area contributed by atoms with Crippen molar-refractivity contribution in [3.8, 4) is 11.5 Å². The standard InChI is InChI=1S/C32H35N3O4/c1-38-25-15-16-28(29(21-25)39-2)34-31(37)32(18-9-4-10-19-32)35(30(36)23-11-5-3-6-12-23)20-17-24-22-33-27-14-8-7-13-26(24)27/h3,5-8,11-16,21-22,33H,4,9-10,17-20H2,1-2H3,(H,34,37). The second-order valence-corrected chi connectivity index (χ2v) is 10.0. The molecule has 1 fully saturated rings. The van der Waals surface area contributed by atoms with Crippen molar-refractivity contribution in [1.29, 1.82) is 0 Å². The Morgan fingerprint density at radius 2 is 1.67 bits per heavy atom. The summed E-state index contributed by atoms with van der Waals surface area (Å²) in [6.07, 6.45) is 6.62. The van der Waals surface area contributed by atoms with Crippen LogP contribution in [0.5, 0.6) is 11.5 Å². The van der Waals surface area contributed by atoms with E-state index in [4.69, 9.17) is 9.47 Å². The highest BCUT2D eigenvalue weighted by Crippen LogP contribution is 2.38. The van der Waals surface area contributed by atoms with Crippen LogP contribution in [0.25, 0.3) is 10.9 Å². The Hall–Kier alpha value is -4.26. The van der Waals surface area contributed by atoms with E-state index in [1.807, 2.05) is 59.6 Å². The van der Waals surface area contributed by atoms with E-state index in [1.54, 1.807) is 32.4 Å². The number of H-pyrrole nitrogens is 1. The number of carbonyl (C=O) groups is 2. The van der Waals surface area contributed by atoms with Crippen LogP contribution in [0, 0.1) is 0 Å². The number of nitrogens with one attached hydrogen (secondary N) is 2. The molecule has 4 aromatic rings. The molecule has 2 amide bonds. The quantitative estimate of drug-likeness (QED) is 0.272. The zero-order chi connectivity index (χ0) is 27.2. The van der Waals surface area contributed by atoms with Crippen molar-refractivity contribution < 1.29 is 19.1 Å². The third-order valence-corrected chi connectivity index (χ3v) is 7.82. The first kappa shape index (κ1) is 26.4. The molecule has 0 aliphatic heterocycles. The van der Waals surface area contributed by atoms with Crippen molar-refractivity contribution in [3.05, 3.63) is 90.1 Å². The van der Waals surface area contributed by atoms with Crippen molar-refractivity contribution >= 4 is 28.4 Å². The lowest BCUT2D eigenvalue weighted by atomic mass is 9.78. The number of benzene rings is 3. The van der Waals surface area contributed by atoms with Crippen LogP contribution < -0.4 is 14.8 Å². The predicted molar refractivity (Wildman–Crippen MR) is 153 cm³/mol. The summed E-state index contributed by atoms with van der Waals surface area (Å²) < 4.78 is 10.9. The van der Waals surface area contributed by atoms with Crippen LogP contribution in [0.4, 0.5) is 5.69 Å². The predicted octanol–water partition coefficient (Wildman–Crippen LogP) is 6.21. The fraction of sp³-hybridized carbons (Fsp3) is 0.312. The van der Waals surface area contributed by atoms with Gasteiger partial charge in [-0.3, -0.25) is 9.59 Å². The highest BCUT2D eigenvalue weighted by atomic mass is 16.5. The second kappa shape index (κ2) is 11.6. The van der Waals surface area contributed by atoms with Crippen LogP contribution in [0.2, 0.25) is 0 Å². The molecule has 5 rings (SSSR count). The van der Waals surface area contributed by atoms with Crippen LogP contribution in [0.3, 0.4) is 0 Å². The number of ether oxygens (including phenoxy) is 2. The first-order valence-electron chi connectivity index (χ1n) is 13.5. The molecule has 7 heteroatoms. The van der Waals surface area contributed by atoms with Crippen LogP contribution in [-0.4, -0.2) is 48.0 Å². The number of hydrogen-bond acceptors (Lipinski definition) is 4. The zero-order valence-electron chi connectivity index (χ0n) is 22.5. The maximum atomic E-state index is 14.3. The van der Waals surface area contributed by atoms with E-state index in [0.29, 0.717) is 48.6 Å². The Kier molecular flexibility index (Phi) is 7.87. The van der Waals surface area contributed by atoms with Gasteiger partial charge in [0.05, 0.1) is 19.9 Å². The number of rotatable bonds is 9. The Morgan fingerprint density at radius 3 is 2.41 bits per heavy atom. The fourth-order valence-corrected chi connectivity index (χ4v) is 5.71. The average Bonchev–Trinajstić information content (AvgIpc) is 3.41. The van der Waals surface area contributed by atoms with Gasteiger partial charge >= 0.3 is 0 Å². The molecule has 0 radical (unpaired) electrons. The second-order valence-electron chi connectivity index (χ2n) is 10.0. The molecule has 202 valence electrons. The summed E-state index contributed by atoms with van der Waals surface area (Å²) in [5.41, 5.74) is 2.33. The summed E-state index contributed by atoms with van der Waals surface area (Å²) in [5.74, 6) is 0.827. The largest absolute Gasteiger partial charge is 0.497 e. The van der Waals surface area contributed by atoms with Crippen molar-refractivity contribution in [2.45, 2.75) is 44.1 Å². The maximum Gasteiger partial charge on any atom is 0.254 e. The van der Waals surface area contributed by atoms with Gasteiger partial charge in [-0.1, -0.05) is 55.7 Å². The van der Waals surface area contributed by atoms with Gasteiger partial charge in [-0.25, -0.2) is 0 Å². The number of para-hydroxylation sites is 1. The van der Waals surface area contributed by atoms with Gasteiger partial charge in [-0.15, -0.1) is 0 Å². The van der Waals surface area contributed by atoms with Gasteiger partial charge in [0, 0.05) is 35.3 Å². The summed E-state index contributed by atoms with van der Waals surface area (Å²) in [5, 5.41) is 4.25. The number of nitrogens with zero attached hydrogens (tertiary/aromatic N) is 1. The normalized spacial score (nSPS) is 14.5. The van der Waals surface area contributed by atoms with Crippen molar-refractivity contribution in [3.63, 3.8) is 0 Å². The molecule has 0 bridgehead atoms. The number of methoxy groups -OCH3 is 2. The summed E-state index contributed by atoms with van der Waals surface area (Å²) in [4.78, 5) is 33.6. The molecule has 0 saturated heterocycles. The van der Waals surface area contributed by atoms with E-state index in [1.165, 1.54) is 0 Å². The van der Waals surface area contributed by atoms with Gasteiger partial charge in [0.2, 0.25) is 5.91 Å². The molecule has 1 aliphatic carbocycles. The number of amides is 2. The van der Waals surface area contributed by atoms with Gasteiger partial charge in [-0.05, 0) is 55.2 Å². The minimum atomic E-state index is -0.984. The van der Waals surface area contributed by atoms with Crippen LogP contribution >= 0.6 is 0 Å². The SMILES string of the molecule is COc1ccc(NC(=O)C2(N(CCc3c[nH]c4ccccc34)C(=O)c3ccccc3)CCCCC2)c(OC)c1. The number of hydrogen-bond donors (Lipinski definition) is 2. The van der Waals surface area contributed by atoms with E-state index in [0.717, 1.165) is 35.7 Å². The van der Waals surface area contributed by atoms with Crippen molar-refractivity contribution in [2.24, 2.45) is 0 Å². The maximum absolute atomic E-state index is 14.3. The monoisotopic (exact) mass is 525 g/mol.